The first-order valence-electron chi connectivity index (χ1n) is 6.50. The maximum atomic E-state index is 11.1. The molecule has 0 fully saturated rings. The van der Waals surface area contributed by atoms with Crippen molar-refractivity contribution in [2.24, 2.45) is 0 Å². The number of hydrogen-bond acceptors (Lipinski definition) is 2. The van der Waals surface area contributed by atoms with Crippen LogP contribution in [0.5, 0.6) is 0 Å². The van der Waals surface area contributed by atoms with Gasteiger partial charge < -0.3 is 14.8 Å². The first kappa shape index (κ1) is 13.6. The Hall–Kier alpha value is -1.81. The van der Waals surface area contributed by atoms with Crippen molar-refractivity contribution in [1.29, 1.82) is 0 Å². The lowest BCUT2D eigenvalue weighted by atomic mass is 10.0. The van der Waals surface area contributed by atoms with Gasteiger partial charge in [0.1, 0.15) is 0 Å². The highest BCUT2D eigenvalue weighted by Crippen LogP contribution is 2.30. The Balaban J connectivity index is 2.78. The smallest absolute Gasteiger partial charge is 0.335 e. The first-order valence-corrected chi connectivity index (χ1v) is 6.50. The summed E-state index contributed by atoms with van der Waals surface area (Å²) in [5.41, 5.74) is 2.99. The van der Waals surface area contributed by atoms with Gasteiger partial charge in [-0.2, -0.15) is 0 Å². The number of fused-ring (bicyclic) bond motifs is 1. The zero-order chi connectivity index (χ0) is 14.2. The largest absolute Gasteiger partial charge is 0.478 e. The quantitative estimate of drug-likeness (QED) is 0.888. The molecule has 19 heavy (non-hydrogen) atoms. The van der Waals surface area contributed by atoms with E-state index in [9.17, 15) is 9.90 Å². The third kappa shape index (κ3) is 2.36. The van der Waals surface area contributed by atoms with Gasteiger partial charge in [-0.25, -0.2) is 4.79 Å². The highest BCUT2D eigenvalue weighted by Gasteiger charge is 2.16. The lowest BCUT2D eigenvalue weighted by Crippen LogP contribution is -1.99. The van der Waals surface area contributed by atoms with E-state index in [0.29, 0.717) is 0 Å². The molecule has 1 unspecified atom stereocenters. The van der Waals surface area contributed by atoms with E-state index in [-0.39, 0.29) is 5.56 Å². The Morgan fingerprint density at radius 3 is 2.63 bits per heavy atom. The van der Waals surface area contributed by atoms with E-state index in [1.165, 1.54) is 0 Å². The van der Waals surface area contributed by atoms with Crippen LogP contribution in [0.1, 0.15) is 47.9 Å². The molecule has 1 atom stereocenters. The Kier molecular flexibility index (Phi) is 3.62. The molecule has 1 aromatic carbocycles. The SMILES string of the molecule is CCCn1cc(C(C)O)c2cc(C(=O)O)cc(C)c21. The van der Waals surface area contributed by atoms with Crippen LogP contribution in [0, 0.1) is 6.92 Å². The number of benzene rings is 1. The monoisotopic (exact) mass is 261 g/mol. The molecule has 0 saturated heterocycles. The standard InChI is InChI=1S/C15H19NO3/c1-4-5-16-8-13(10(3)17)12-7-11(15(18)19)6-9(2)14(12)16/h6-8,10,17H,4-5H2,1-3H3,(H,18,19). The van der Waals surface area contributed by atoms with Crippen LogP contribution in [0.25, 0.3) is 10.9 Å². The number of hydrogen-bond donors (Lipinski definition) is 2. The Labute approximate surface area is 112 Å². The number of aryl methyl sites for hydroxylation is 2. The average molecular weight is 261 g/mol. The number of aliphatic hydroxyl groups excluding tert-OH is 1. The third-order valence-corrected chi connectivity index (χ3v) is 3.36. The van der Waals surface area contributed by atoms with E-state index in [1.807, 2.05) is 13.1 Å². The molecule has 0 radical (unpaired) electrons. The van der Waals surface area contributed by atoms with Gasteiger partial charge in [-0.3, -0.25) is 0 Å². The second-order valence-electron chi connectivity index (χ2n) is 4.95. The minimum atomic E-state index is -0.940. The summed E-state index contributed by atoms with van der Waals surface area (Å²) in [6, 6.07) is 3.33. The molecule has 2 rings (SSSR count). The van der Waals surface area contributed by atoms with Gasteiger partial charge in [0.25, 0.3) is 0 Å². The Morgan fingerprint density at radius 1 is 1.42 bits per heavy atom. The van der Waals surface area contributed by atoms with E-state index < -0.39 is 12.1 Å². The molecule has 4 nitrogen and oxygen atoms in total. The molecule has 1 heterocycles. The molecular weight excluding hydrogens is 242 g/mol. The summed E-state index contributed by atoms with van der Waals surface area (Å²) in [6.45, 7) is 6.56. The van der Waals surface area contributed by atoms with Gasteiger partial charge in [0.05, 0.1) is 17.2 Å². The molecule has 0 saturated carbocycles. The van der Waals surface area contributed by atoms with Gasteiger partial charge in [0, 0.05) is 23.7 Å². The summed E-state index contributed by atoms with van der Waals surface area (Å²) in [5.74, 6) is -0.940. The highest BCUT2D eigenvalue weighted by molar-refractivity contribution is 5.96. The number of aromatic nitrogens is 1. The fourth-order valence-corrected chi connectivity index (χ4v) is 2.56. The van der Waals surface area contributed by atoms with Crippen molar-refractivity contribution in [1.82, 2.24) is 4.57 Å². The van der Waals surface area contributed by atoms with Crippen LogP contribution < -0.4 is 0 Å². The van der Waals surface area contributed by atoms with E-state index in [2.05, 4.69) is 11.5 Å². The summed E-state index contributed by atoms with van der Waals surface area (Å²) in [4.78, 5) is 11.1. The summed E-state index contributed by atoms with van der Waals surface area (Å²) in [7, 11) is 0. The molecule has 2 aromatic rings. The van der Waals surface area contributed by atoms with Crippen LogP contribution >= 0.6 is 0 Å². The predicted octanol–water partition coefficient (Wildman–Crippen LogP) is 3.11. The maximum Gasteiger partial charge on any atom is 0.335 e. The Bertz CT molecular complexity index is 626. The van der Waals surface area contributed by atoms with Crippen LogP contribution in [0.15, 0.2) is 18.3 Å². The Morgan fingerprint density at radius 2 is 2.11 bits per heavy atom. The number of rotatable bonds is 4. The zero-order valence-corrected chi connectivity index (χ0v) is 11.5. The van der Waals surface area contributed by atoms with E-state index >= 15 is 0 Å². The van der Waals surface area contributed by atoms with Gasteiger partial charge in [0.2, 0.25) is 0 Å². The number of aromatic carboxylic acids is 1. The minimum absolute atomic E-state index is 0.265. The van der Waals surface area contributed by atoms with Gasteiger partial charge >= 0.3 is 5.97 Å². The molecule has 0 aliphatic heterocycles. The summed E-state index contributed by atoms with van der Waals surface area (Å²) < 4.78 is 2.10. The van der Waals surface area contributed by atoms with Crippen LogP contribution in [-0.2, 0) is 6.54 Å². The van der Waals surface area contributed by atoms with Crippen LogP contribution in [-0.4, -0.2) is 20.7 Å². The molecule has 2 N–H and O–H groups in total. The summed E-state index contributed by atoms with van der Waals surface area (Å²) >= 11 is 0. The third-order valence-electron chi connectivity index (χ3n) is 3.36. The lowest BCUT2D eigenvalue weighted by molar-refractivity contribution is 0.0697. The average Bonchev–Trinajstić information content (AvgIpc) is 2.69. The highest BCUT2D eigenvalue weighted by atomic mass is 16.4. The lowest BCUT2D eigenvalue weighted by Gasteiger charge is -2.07. The number of carboxylic acid groups (broad SMARTS) is 1. The molecule has 0 aliphatic carbocycles. The van der Waals surface area contributed by atoms with Crippen LogP contribution in [0.3, 0.4) is 0 Å². The van der Waals surface area contributed by atoms with Crippen molar-refractivity contribution in [3.63, 3.8) is 0 Å². The van der Waals surface area contributed by atoms with Gasteiger partial charge in [-0.1, -0.05) is 6.92 Å². The second kappa shape index (κ2) is 5.05. The zero-order valence-electron chi connectivity index (χ0n) is 11.5. The summed E-state index contributed by atoms with van der Waals surface area (Å²) in [6.07, 6.45) is 2.31. The fourth-order valence-electron chi connectivity index (χ4n) is 2.56. The molecule has 0 spiro atoms. The first-order chi connectivity index (χ1) is 8.95. The molecule has 4 heteroatoms. The van der Waals surface area contributed by atoms with Crippen LogP contribution in [0.4, 0.5) is 0 Å². The van der Waals surface area contributed by atoms with Gasteiger partial charge in [-0.05, 0) is 38.0 Å². The number of nitrogens with zero attached hydrogens (tertiary/aromatic N) is 1. The van der Waals surface area contributed by atoms with Crippen molar-refractivity contribution < 1.29 is 15.0 Å². The fraction of sp³-hybridized carbons (Fsp3) is 0.400. The van der Waals surface area contributed by atoms with Crippen molar-refractivity contribution in [3.8, 4) is 0 Å². The topological polar surface area (TPSA) is 62.5 Å². The molecule has 0 bridgehead atoms. The molecule has 0 aliphatic rings. The van der Waals surface area contributed by atoms with E-state index in [1.54, 1.807) is 19.1 Å². The molecule has 0 amide bonds. The molecule has 102 valence electrons. The van der Waals surface area contributed by atoms with Gasteiger partial charge in [-0.15, -0.1) is 0 Å². The maximum absolute atomic E-state index is 11.1. The number of carbonyl (C=O) groups is 1. The van der Waals surface area contributed by atoms with E-state index in [4.69, 9.17) is 5.11 Å². The number of carboxylic acids is 1. The second-order valence-corrected chi connectivity index (χ2v) is 4.95. The van der Waals surface area contributed by atoms with Crippen LogP contribution in [0.2, 0.25) is 0 Å². The van der Waals surface area contributed by atoms with Crippen molar-refractivity contribution in [2.75, 3.05) is 0 Å². The number of aliphatic hydroxyl groups is 1. The minimum Gasteiger partial charge on any atom is -0.478 e. The van der Waals surface area contributed by atoms with E-state index in [0.717, 1.165) is 35.0 Å². The van der Waals surface area contributed by atoms with Crippen molar-refractivity contribution in [3.05, 3.63) is 35.0 Å². The predicted molar refractivity (Wildman–Crippen MR) is 74.6 cm³/mol. The summed E-state index contributed by atoms with van der Waals surface area (Å²) in [5, 5.41) is 19.8. The molecule has 1 aromatic heterocycles. The van der Waals surface area contributed by atoms with Gasteiger partial charge in [0.15, 0.2) is 0 Å². The van der Waals surface area contributed by atoms with Crippen molar-refractivity contribution >= 4 is 16.9 Å². The normalized spacial score (nSPS) is 12.8. The molecular formula is C15H19NO3. The van der Waals surface area contributed by atoms with Crippen molar-refractivity contribution in [2.45, 2.75) is 39.8 Å².